The molecule has 1 spiro atoms. The topological polar surface area (TPSA) is 114 Å². The summed E-state index contributed by atoms with van der Waals surface area (Å²) in [5.41, 5.74) is 2.37. The Labute approximate surface area is 236 Å². The van der Waals surface area contributed by atoms with Crippen molar-refractivity contribution in [3.8, 4) is 0 Å². The first-order valence-corrected chi connectivity index (χ1v) is 13.2. The lowest BCUT2D eigenvalue weighted by Crippen LogP contribution is -2.45. The van der Waals surface area contributed by atoms with Gasteiger partial charge in [0.2, 0.25) is 5.91 Å². The predicted molar refractivity (Wildman–Crippen MR) is 149 cm³/mol. The summed E-state index contributed by atoms with van der Waals surface area (Å²) >= 11 is 6.25. The summed E-state index contributed by atoms with van der Waals surface area (Å²) in [7, 11) is 1.28. The van der Waals surface area contributed by atoms with Crippen molar-refractivity contribution in [3.05, 3.63) is 94.5 Å². The van der Waals surface area contributed by atoms with Gasteiger partial charge in [0.15, 0.2) is 5.60 Å². The van der Waals surface area contributed by atoms with E-state index in [0.717, 1.165) is 5.56 Å². The van der Waals surface area contributed by atoms with Crippen LogP contribution in [0.25, 0.3) is 0 Å². The van der Waals surface area contributed by atoms with E-state index in [4.69, 9.17) is 16.3 Å². The molecule has 1 saturated heterocycles. The Balaban J connectivity index is 1.37. The zero-order valence-corrected chi connectivity index (χ0v) is 22.6. The molecule has 2 aliphatic rings. The van der Waals surface area contributed by atoms with E-state index in [9.17, 15) is 19.2 Å². The molecule has 0 aromatic heterocycles. The van der Waals surface area contributed by atoms with E-state index < -0.39 is 23.7 Å². The summed E-state index contributed by atoms with van der Waals surface area (Å²) in [5, 5.41) is 5.76. The first-order valence-electron chi connectivity index (χ1n) is 12.9. The van der Waals surface area contributed by atoms with Gasteiger partial charge in [0.1, 0.15) is 11.7 Å². The lowest BCUT2D eigenvalue weighted by molar-refractivity contribution is -0.141. The number of methoxy groups -OCH3 is 1. The van der Waals surface area contributed by atoms with Gasteiger partial charge in [0, 0.05) is 35.7 Å². The van der Waals surface area contributed by atoms with Crippen LogP contribution in [-0.4, -0.2) is 49.0 Å². The SMILES string of the molecule is COC(=O)Nc1ccc(CC(=O)C(Cc2ccccc2)C(=O)N2CCC3(C2)OC(=O)Nc2ccc(Cl)cc23)cc1. The number of rotatable bonds is 7. The van der Waals surface area contributed by atoms with Crippen LogP contribution in [0.3, 0.4) is 0 Å². The molecule has 1 fully saturated rings. The fourth-order valence-corrected chi connectivity index (χ4v) is 5.42. The van der Waals surface area contributed by atoms with Crippen LogP contribution in [0.5, 0.6) is 0 Å². The fraction of sp³-hybridized carbons (Fsp3) is 0.267. The van der Waals surface area contributed by atoms with Gasteiger partial charge >= 0.3 is 12.2 Å². The zero-order chi connectivity index (χ0) is 28.3. The number of carbonyl (C=O) groups is 4. The molecule has 206 valence electrons. The molecule has 2 heterocycles. The third kappa shape index (κ3) is 5.79. The second-order valence-corrected chi connectivity index (χ2v) is 10.3. The molecule has 2 unspecified atom stereocenters. The number of nitrogens with one attached hydrogen (secondary N) is 2. The molecule has 10 heteroatoms. The Morgan fingerprint density at radius 3 is 2.55 bits per heavy atom. The molecule has 0 bridgehead atoms. The number of fused-ring (bicyclic) bond motifs is 2. The molecule has 9 nitrogen and oxygen atoms in total. The number of hydrogen-bond donors (Lipinski definition) is 2. The van der Waals surface area contributed by atoms with Crippen LogP contribution in [0, 0.1) is 5.92 Å². The average molecular weight is 562 g/mol. The lowest BCUT2D eigenvalue weighted by Gasteiger charge is -2.35. The number of ketones is 1. The number of Topliss-reactive ketones (excluding diaryl/α,β-unsaturated/α-hetero) is 1. The predicted octanol–water partition coefficient (Wildman–Crippen LogP) is 5.18. The molecular weight excluding hydrogens is 534 g/mol. The van der Waals surface area contributed by atoms with E-state index in [1.807, 2.05) is 30.3 Å². The highest BCUT2D eigenvalue weighted by Crippen LogP contribution is 2.44. The van der Waals surface area contributed by atoms with E-state index in [-0.39, 0.29) is 31.1 Å². The lowest BCUT2D eigenvalue weighted by atomic mass is 9.89. The number of amides is 3. The average Bonchev–Trinajstić information content (AvgIpc) is 3.37. The smallest absolute Gasteiger partial charge is 0.412 e. The van der Waals surface area contributed by atoms with Crippen molar-refractivity contribution < 1.29 is 28.7 Å². The Morgan fingerprint density at radius 2 is 1.82 bits per heavy atom. The van der Waals surface area contributed by atoms with Gasteiger partial charge in [-0.1, -0.05) is 54.1 Å². The summed E-state index contributed by atoms with van der Waals surface area (Å²) in [6.07, 6.45) is -0.511. The van der Waals surface area contributed by atoms with Crippen molar-refractivity contribution in [2.75, 3.05) is 30.8 Å². The highest BCUT2D eigenvalue weighted by molar-refractivity contribution is 6.30. The van der Waals surface area contributed by atoms with E-state index in [2.05, 4.69) is 15.4 Å². The quantitative estimate of drug-likeness (QED) is 0.384. The normalized spacial score (nSPS) is 18.4. The molecule has 3 aromatic rings. The molecule has 2 atom stereocenters. The zero-order valence-electron chi connectivity index (χ0n) is 21.8. The van der Waals surface area contributed by atoms with Crippen molar-refractivity contribution in [3.63, 3.8) is 0 Å². The Morgan fingerprint density at radius 1 is 1.07 bits per heavy atom. The van der Waals surface area contributed by atoms with Gasteiger partial charge in [-0.05, 0) is 47.9 Å². The summed E-state index contributed by atoms with van der Waals surface area (Å²) in [4.78, 5) is 53.0. The number of carbonyl (C=O) groups excluding carboxylic acids is 4. The first-order chi connectivity index (χ1) is 19.3. The van der Waals surface area contributed by atoms with Crippen molar-refractivity contribution >= 4 is 46.9 Å². The van der Waals surface area contributed by atoms with Gasteiger partial charge in [-0.15, -0.1) is 0 Å². The molecule has 5 rings (SSSR count). The minimum atomic E-state index is -1.04. The Hall–Kier alpha value is -4.37. The number of nitrogens with zero attached hydrogens (tertiary/aromatic N) is 1. The van der Waals surface area contributed by atoms with Gasteiger partial charge in [-0.2, -0.15) is 0 Å². The second kappa shape index (κ2) is 11.4. The third-order valence-corrected chi connectivity index (χ3v) is 7.51. The monoisotopic (exact) mass is 561 g/mol. The maximum absolute atomic E-state index is 13.9. The van der Waals surface area contributed by atoms with Gasteiger partial charge in [0.05, 0.1) is 19.3 Å². The fourth-order valence-electron chi connectivity index (χ4n) is 5.25. The van der Waals surface area contributed by atoms with E-state index in [1.54, 1.807) is 47.4 Å². The van der Waals surface area contributed by atoms with Crippen molar-refractivity contribution in [1.29, 1.82) is 0 Å². The van der Waals surface area contributed by atoms with Crippen molar-refractivity contribution in [2.45, 2.75) is 24.9 Å². The Bertz CT molecular complexity index is 1450. The van der Waals surface area contributed by atoms with Gasteiger partial charge in [-0.25, -0.2) is 9.59 Å². The first kappa shape index (κ1) is 27.2. The van der Waals surface area contributed by atoms with Crippen LogP contribution in [0.15, 0.2) is 72.8 Å². The van der Waals surface area contributed by atoms with Crippen LogP contribution in [0.2, 0.25) is 5.02 Å². The number of likely N-dealkylation sites (tertiary alicyclic amines) is 1. The minimum Gasteiger partial charge on any atom is -0.453 e. The summed E-state index contributed by atoms with van der Waals surface area (Å²) in [6.45, 7) is 0.448. The summed E-state index contributed by atoms with van der Waals surface area (Å²) in [6, 6.07) is 21.3. The molecule has 0 saturated carbocycles. The van der Waals surface area contributed by atoms with E-state index in [1.165, 1.54) is 7.11 Å². The second-order valence-electron chi connectivity index (χ2n) is 9.91. The molecular formula is C30H28ClN3O6. The van der Waals surface area contributed by atoms with Crippen LogP contribution in [-0.2, 0) is 37.5 Å². The number of hydrogen-bond acceptors (Lipinski definition) is 6. The molecule has 0 radical (unpaired) electrons. The molecule has 3 aromatic carbocycles. The third-order valence-electron chi connectivity index (χ3n) is 7.27. The maximum atomic E-state index is 13.9. The number of anilines is 2. The standard InChI is InChI=1S/C30H28ClN3O6/c1-39-28(37)32-22-10-7-20(8-11-22)16-26(35)23(15-19-5-3-2-4-6-19)27(36)34-14-13-30(18-34)24-17-21(31)9-12-25(24)33-29(38)40-30/h2-12,17,23H,13-16,18H2,1H3,(H,32,37)(H,33,38). The van der Waals surface area contributed by atoms with Gasteiger partial charge < -0.3 is 14.4 Å². The molecule has 40 heavy (non-hydrogen) atoms. The van der Waals surface area contributed by atoms with Crippen molar-refractivity contribution in [2.24, 2.45) is 5.92 Å². The van der Waals surface area contributed by atoms with Crippen LogP contribution in [0.4, 0.5) is 21.0 Å². The molecule has 0 aliphatic carbocycles. The van der Waals surface area contributed by atoms with E-state index in [0.29, 0.717) is 40.5 Å². The molecule has 2 N–H and O–H groups in total. The van der Waals surface area contributed by atoms with E-state index >= 15 is 0 Å². The largest absolute Gasteiger partial charge is 0.453 e. The summed E-state index contributed by atoms with van der Waals surface area (Å²) in [5.74, 6) is -1.47. The molecule has 2 aliphatic heterocycles. The van der Waals surface area contributed by atoms with Crippen LogP contribution < -0.4 is 10.6 Å². The number of halogens is 1. The number of benzene rings is 3. The number of ether oxygens (including phenoxy) is 2. The summed E-state index contributed by atoms with van der Waals surface area (Å²) < 4.78 is 10.4. The van der Waals surface area contributed by atoms with Gasteiger partial charge in [-0.3, -0.25) is 20.2 Å². The van der Waals surface area contributed by atoms with Gasteiger partial charge in [0.25, 0.3) is 0 Å². The van der Waals surface area contributed by atoms with Crippen molar-refractivity contribution in [1.82, 2.24) is 4.90 Å². The molecule has 3 amide bonds. The van der Waals surface area contributed by atoms with Crippen LogP contribution in [0.1, 0.15) is 23.1 Å². The highest BCUT2D eigenvalue weighted by atomic mass is 35.5. The highest BCUT2D eigenvalue weighted by Gasteiger charge is 2.49. The minimum absolute atomic E-state index is 0.0398. The van der Waals surface area contributed by atoms with Crippen LogP contribution >= 0.6 is 11.6 Å². The maximum Gasteiger partial charge on any atom is 0.412 e. The Kier molecular flexibility index (Phi) is 7.75.